The SMILES string of the molecule is CCS(=O)(=O)Oc1ccccc1Oc1ccccc1. The van der Waals surface area contributed by atoms with Gasteiger partial charge in [-0.25, -0.2) is 0 Å². The molecule has 0 aliphatic heterocycles. The maximum absolute atomic E-state index is 11.5. The number of ether oxygens (including phenoxy) is 1. The monoisotopic (exact) mass is 278 g/mol. The summed E-state index contributed by atoms with van der Waals surface area (Å²) in [6, 6.07) is 15.8. The first kappa shape index (κ1) is 13.4. The van der Waals surface area contributed by atoms with E-state index in [1.54, 1.807) is 36.4 Å². The molecule has 100 valence electrons. The van der Waals surface area contributed by atoms with Crippen LogP contribution < -0.4 is 8.92 Å². The van der Waals surface area contributed by atoms with Crippen molar-refractivity contribution in [3.8, 4) is 17.2 Å². The zero-order valence-corrected chi connectivity index (χ0v) is 11.3. The predicted molar refractivity (Wildman–Crippen MR) is 73.0 cm³/mol. The molecule has 0 unspecified atom stereocenters. The van der Waals surface area contributed by atoms with Gasteiger partial charge in [0.1, 0.15) is 5.75 Å². The Labute approximate surface area is 112 Å². The highest BCUT2D eigenvalue weighted by Crippen LogP contribution is 2.31. The molecule has 0 fully saturated rings. The Morgan fingerprint density at radius 2 is 1.47 bits per heavy atom. The van der Waals surface area contributed by atoms with Gasteiger partial charge in [0, 0.05) is 0 Å². The highest BCUT2D eigenvalue weighted by atomic mass is 32.2. The van der Waals surface area contributed by atoms with Crippen LogP contribution in [0.25, 0.3) is 0 Å². The Morgan fingerprint density at radius 1 is 0.895 bits per heavy atom. The first-order valence-corrected chi connectivity index (χ1v) is 7.42. The van der Waals surface area contributed by atoms with E-state index in [2.05, 4.69) is 0 Å². The van der Waals surface area contributed by atoms with Crippen LogP contribution in [0.15, 0.2) is 54.6 Å². The van der Waals surface area contributed by atoms with Crippen LogP contribution in [0, 0.1) is 0 Å². The van der Waals surface area contributed by atoms with E-state index in [-0.39, 0.29) is 11.5 Å². The van der Waals surface area contributed by atoms with Gasteiger partial charge in [0.05, 0.1) is 5.75 Å². The summed E-state index contributed by atoms with van der Waals surface area (Å²) in [5, 5.41) is 0. The average Bonchev–Trinajstić information content (AvgIpc) is 2.42. The third-order valence-corrected chi connectivity index (χ3v) is 3.53. The van der Waals surface area contributed by atoms with Crippen molar-refractivity contribution in [1.29, 1.82) is 0 Å². The maximum atomic E-state index is 11.5. The summed E-state index contributed by atoms with van der Waals surface area (Å²) in [7, 11) is -3.57. The number of hydrogen-bond donors (Lipinski definition) is 0. The lowest BCUT2D eigenvalue weighted by molar-refractivity contribution is 0.436. The highest BCUT2D eigenvalue weighted by Gasteiger charge is 2.13. The lowest BCUT2D eigenvalue weighted by Gasteiger charge is -2.11. The Hall–Kier alpha value is -2.01. The fourth-order valence-electron chi connectivity index (χ4n) is 1.41. The van der Waals surface area contributed by atoms with Crippen molar-refractivity contribution >= 4 is 10.1 Å². The molecule has 0 amide bonds. The largest absolute Gasteiger partial charge is 0.453 e. The molecule has 0 heterocycles. The van der Waals surface area contributed by atoms with E-state index in [9.17, 15) is 8.42 Å². The normalized spacial score (nSPS) is 11.0. The Bertz CT molecular complexity index is 636. The first-order valence-electron chi connectivity index (χ1n) is 5.85. The third kappa shape index (κ3) is 3.72. The van der Waals surface area contributed by atoms with Crippen molar-refractivity contribution in [2.24, 2.45) is 0 Å². The van der Waals surface area contributed by atoms with Gasteiger partial charge in [-0.15, -0.1) is 0 Å². The average molecular weight is 278 g/mol. The van der Waals surface area contributed by atoms with E-state index in [4.69, 9.17) is 8.92 Å². The quantitative estimate of drug-likeness (QED) is 0.788. The van der Waals surface area contributed by atoms with Crippen molar-refractivity contribution in [1.82, 2.24) is 0 Å². The van der Waals surface area contributed by atoms with Gasteiger partial charge in [0.15, 0.2) is 11.5 Å². The van der Waals surface area contributed by atoms with Crippen LogP contribution in [-0.4, -0.2) is 14.2 Å². The highest BCUT2D eigenvalue weighted by molar-refractivity contribution is 7.87. The molecule has 0 atom stereocenters. The topological polar surface area (TPSA) is 52.6 Å². The molecule has 2 rings (SSSR count). The van der Waals surface area contributed by atoms with Gasteiger partial charge in [-0.3, -0.25) is 0 Å². The second-order valence-corrected chi connectivity index (χ2v) is 5.65. The van der Waals surface area contributed by atoms with Crippen LogP contribution in [0.5, 0.6) is 17.2 Å². The van der Waals surface area contributed by atoms with Crippen LogP contribution in [0.3, 0.4) is 0 Å². The zero-order valence-electron chi connectivity index (χ0n) is 10.4. The van der Waals surface area contributed by atoms with Gasteiger partial charge in [-0.05, 0) is 31.2 Å². The molecule has 0 saturated heterocycles. The first-order chi connectivity index (χ1) is 9.11. The second kappa shape index (κ2) is 5.75. The molecule has 0 radical (unpaired) electrons. The molecule has 19 heavy (non-hydrogen) atoms. The van der Waals surface area contributed by atoms with E-state index >= 15 is 0 Å². The van der Waals surface area contributed by atoms with E-state index < -0.39 is 10.1 Å². The summed E-state index contributed by atoms with van der Waals surface area (Å²) >= 11 is 0. The Kier molecular flexibility index (Phi) is 4.06. The fraction of sp³-hybridized carbons (Fsp3) is 0.143. The number of para-hydroxylation sites is 3. The minimum atomic E-state index is -3.57. The van der Waals surface area contributed by atoms with E-state index in [0.717, 1.165) is 0 Å². The van der Waals surface area contributed by atoms with E-state index in [1.807, 2.05) is 18.2 Å². The summed E-state index contributed by atoms with van der Waals surface area (Å²) in [5.41, 5.74) is 0. The maximum Gasteiger partial charge on any atom is 0.309 e. The molecule has 2 aromatic rings. The zero-order chi connectivity index (χ0) is 13.7. The summed E-state index contributed by atoms with van der Waals surface area (Å²) in [6.45, 7) is 1.52. The van der Waals surface area contributed by atoms with Crippen LogP contribution >= 0.6 is 0 Å². The van der Waals surface area contributed by atoms with Crippen molar-refractivity contribution in [2.45, 2.75) is 6.92 Å². The van der Waals surface area contributed by atoms with Crippen molar-refractivity contribution in [3.05, 3.63) is 54.6 Å². The number of hydrogen-bond acceptors (Lipinski definition) is 4. The van der Waals surface area contributed by atoms with Gasteiger partial charge in [-0.2, -0.15) is 8.42 Å². The molecule has 2 aromatic carbocycles. The Morgan fingerprint density at radius 3 is 2.11 bits per heavy atom. The molecule has 0 aromatic heterocycles. The summed E-state index contributed by atoms with van der Waals surface area (Å²) in [4.78, 5) is 0. The predicted octanol–water partition coefficient (Wildman–Crippen LogP) is 3.21. The fourth-order valence-corrected chi connectivity index (χ4v) is 1.94. The summed E-state index contributed by atoms with van der Waals surface area (Å²) in [6.07, 6.45) is 0. The molecule has 0 spiro atoms. The number of rotatable bonds is 5. The third-order valence-electron chi connectivity index (χ3n) is 2.39. The van der Waals surface area contributed by atoms with Gasteiger partial charge in [0.2, 0.25) is 0 Å². The molecular formula is C14H14O4S. The minimum absolute atomic E-state index is 0.0906. The van der Waals surface area contributed by atoms with Crippen LogP contribution in [-0.2, 0) is 10.1 Å². The Balaban J connectivity index is 2.27. The van der Waals surface area contributed by atoms with Crippen LogP contribution in [0.1, 0.15) is 6.92 Å². The van der Waals surface area contributed by atoms with Crippen molar-refractivity contribution < 1.29 is 17.3 Å². The minimum Gasteiger partial charge on any atom is -0.453 e. The van der Waals surface area contributed by atoms with Crippen molar-refractivity contribution in [3.63, 3.8) is 0 Å². The standard InChI is InChI=1S/C14H14O4S/c1-2-19(15,16)18-14-11-7-6-10-13(14)17-12-8-4-3-5-9-12/h3-11H,2H2,1H3. The molecule has 0 bridgehead atoms. The van der Waals surface area contributed by atoms with Gasteiger partial charge >= 0.3 is 10.1 Å². The molecule has 0 aliphatic rings. The molecule has 0 saturated carbocycles. The van der Waals surface area contributed by atoms with Gasteiger partial charge in [-0.1, -0.05) is 30.3 Å². The molecule has 0 aliphatic carbocycles. The van der Waals surface area contributed by atoms with Gasteiger partial charge in [0.25, 0.3) is 0 Å². The van der Waals surface area contributed by atoms with E-state index in [1.165, 1.54) is 6.92 Å². The van der Waals surface area contributed by atoms with E-state index in [0.29, 0.717) is 11.5 Å². The lowest BCUT2D eigenvalue weighted by Crippen LogP contribution is -2.11. The molecular weight excluding hydrogens is 264 g/mol. The molecule has 5 heteroatoms. The summed E-state index contributed by atoms with van der Waals surface area (Å²) < 4.78 is 33.6. The molecule has 0 N–H and O–H groups in total. The lowest BCUT2D eigenvalue weighted by atomic mass is 10.3. The summed E-state index contributed by atoms with van der Waals surface area (Å²) in [5.74, 6) is 1.08. The smallest absolute Gasteiger partial charge is 0.309 e. The van der Waals surface area contributed by atoms with Gasteiger partial charge < -0.3 is 8.92 Å². The number of benzene rings is 2. The molecule has 4 nitrogen and oxygen atoms in total. The van der Waals surface area contributed by atoms with Crippen molar-refractivity contribution in [2.75, 3.05) is 5.75 Å². The second-order valence-electron chi connectivity index (χ2n) is 3.79. The van der Waals surface area contributed by atoms with Crippen LogP contribution in [0.2, 0.25) is 0 Å². The van der Waals surface area contributed by atoms with Crippen LogP contribution in [0.4, 0.5) is 0 Å².